The molecule has 1 aromatic carbocycles. The monoisotopic (exact) mass is 221 g/mol. The normalized spacial score (nSPS) is 10.2. The average Bonchev–Trinajstić information content (AvgIpc) is 2.65. The van der Waals surface area contributed by atoms with E-state index < -0.39 is 0 Å². The van der Waals surface area contributed by atoms with Crippen molar-refractivity contribution in [3.05, 3.63) is 35.3 Å². The van der Waals surface area contributed by atoms with Crippen LogP contribution in [-0.4, -0.2) is 10.1 Å². The van der Waals surface area contributed by atoms with Crippen molar-refractivity contribution in [1.29, 1.82) is 0 Å². The molecule has 0 radical (unpaired) electrons. The Labute approximate surface area is 92.0 Å². The molecule has 1 aromatic heterocycles. The van der Waals surface area contributed by atoms with Gasteiger partial charge in [-0.05, 0) is 18.6 Å². The lowest BCUT2D eigenvalue weighted by molar-refractivity contribution is 0.453. The molecule has 1 N–H and O–H groups in total. The zero-order valence-electron chi connectivity index (χ0n) is 8.30. The number of nitrogens with zero attached hydrogens (tertiary/aromatic N) is 1. The number of thiazole rings is 1. The zero-order chi connectivity index (χ0) is 10.7. The molecule has 2 aromatic rings. The van der Waals surface area contributed by atoms with Crippen LogP contribution in [0.3, 0.4) is 0 Å². The summed E-state index contributed by atoms with van der Waals surface area (Å²) in [5.74, 6) is 0.798. The molecule has 15 heavy (non-hydrogen) atoms. The second kappa shape index (κ2) is 4.31. The fourth-order valence-corrected chi connectivity index (χ4v) is 1.92. The predicted octanol–water partition coefficient (Wildman–Crippen LogP) is 3.20. The van der Waals surface area contributed by atoms with Crippen molar-refractivity contribution in [2.45, 2.75) is 13.3 Å². The van der Waals surface area contributed by atoms with Gasteiger partial charge >= 0.3 is 0 Å². The number of ether oxygens (including phenoxy) is 1. The smallest absolute Gasteiger partial charge is 0.278 e. The fraction of sp³-hybridized carbons (Fsp3) is 0.182. The quantitative estimate of drug-likeness (QED) is 0.865. The highest BCUT2D eigenvalue weighted by molar-refractivity contribution is 7.11. The SMILES string of the molecule is CCc1csc(Oc2cccc(O)c2)n1. The first-order valence-corrected chi connectivity index (χ1v) is 5.57. The third-order valence-corrected chi connectivity index (χ3v) is 2.68. The molecule has 0 aliphatic heterocycles. The minimum absolute atomic E-state index is 0.194. The summed E-state index contributed by atoms with van der Waals surface area (Å²) in [6.07, 6.45) is 0.903. The van der Waals surface area contributed by atoms with Gasteiger partial charge in [0.15, 0.2) is 0 Å². The van der Waals surface area contributed by atoms with E-state index in [9.17, 15) is 5.11 Å². The summed E-state index contributed by atoms with van der Waals surface area (Å²) in [7, 11) is 0. The Morgan fingerprint density at radius 3 is 3.00 bits per heavy atom. The number of rotatable bonds is 3. The van der Waals surface area contributed by atoms with Crippen molar-refractivity contribution < 1.29 is 9.84 Å². The lowest BCUT2D eigenvalue weighted by Gasteiger charge is -2.00. The molecule has 1 heterocycles. The summed E-state index contributed by atoms with van der Waals surface area (Å²) in [5.41, 5.74) is 1.02. The average molecular weight is 221 g/mol. The Balaban J connectivity index is 2.14. The van der Waals surface area contributed by atoms with Crippen LogP contribution in [0.1, 0.15) is 12.6 Å². The molecule has 2 rings (SSSR count). The minimum Gasteiger partial charge on any atom is -0.508 e. The molecule has 0 bridgehead atoms. The van der Waals surface area contributed by atoms with Crippen LogP contribution in [0, 0.1) is 0 Å². The van der Waals surface area contributed by atoms with Gasteiger partial charge in [-0.15, -0.1) is 0 Å². The molecule has 3 nitrogen and oxygen atoms in total. The van der Waals surface area contributed by atoms with Crippen molar-refractivity contribution in [1.82, 2.24) is 4.98 Å². The van der Waals surface area contributed by atoms with Crippen molar-refractivity contribution in [3.63, 3.8) is 0 Å². The maximum Gasteiger partial charge on any atom is 0.278 e. The topological polar surface area (TPSA) is 42.4 Å². The van der Waals surface area contributed by atoms with Gasteiger partial charge in [0.25, 0.3) is 5.19 Å². The van der Waals surface area contributed by atoms with E-state index in [1.54, 1.807) is 24.3 Å². The largest absolute Gasteiger partial charge is 0.508 e. The lowest BCUT2D eigenvalue weighted by Crippen LogP contribution is -1.84. The fourth-order valence-electron chi connectivity index (χ4n) is 1.15. The van der Waals surface area contributed by atoms with Gasteiger partial charge in [-0.2, -0.15) is 0 Å². The number of phenols is 1. The number of aromatic hydroxyl groups is 1. The predicted molar refractivity (Wildman–Crippen MR) is 59.7 cm³/mol. The summed E-state index contributed by atoms with van der Waals surface area (Å²) in [6.45, 7) is 2.05. The molecular weight excluding hydrogens is 210 g/mol. The molecule has 0 fully saturated rings. The Morgan fingerprint density at radius 2 is 2.33 bits per heavy atom. The van der Waals surface area contributed by atoms with Gasteiger partial charge < -0.3 is 9.84 Å². The first-order valence-electron chi connectivity index (χ1n) is 4.69. The van der Waals surface area contributed by atoms with Crippen molar-refractivity contribution in [3.8, 4) is 16.7 Å². The zero-order valence-corrected chi connectivity index (χ0v) is 9.12. The first-order chi connectivity index (χ1) is 7.28. The molecule has 0 saturated carbocycles. The highest BCUT2D eigenvalue weighted by Gasteiger charge is 2.03. The summed E-state index contributed by atoms with van der Waals surface area (Å²) >= 11 is 1.46. The van der Waals surface area contributed by atoms with Gasteiger partial charge in [0, 0.05) is 11.4 Å². The van der Waals surface area contributed by atoms with Crippen LogP contribution in [0.4, 0.5) is 0 Å². The van der Waals surface area contributed by atoms with E-state index in [0.29, 0.717) is 10.9 Å². The van der Waals surface area contributed by atoms with Gasteiger partial charge in [-0.1, -0.05) is 24.3 Å². The Bertz CT molecular complexity index is 453. The summed E-state index contributed by atoms with van der Waals surface area (Å²) in [4.78, 5) is 4.27. The Morgan fingerprint density at radius 1 is 1.47 bits per heavy atom. The molecule has 0 unspecified atom stereocenters. The molecule has 0 atom stereocenters. The standard InChI is InChI=1S/C11H11NO2S/c1-2-8-7-15-11(12-8)14-10-5-3-4-9(13)6-10/h3-7,13H,2H2,1H3. The maximum absolute atomic E-state index is 9.25. The maximum atomic E-state index is 9.25. The molecule has 4 heteroatoms. The molecule has 0 aliphatic rings. The summed E-state index contributed by atoms with van der Waals surface area (Å²) in [6, 6.07) is 6.69. The van der Waals surface area contributed by atoms with E-state index in [4.69, 9.17) is 4.74 Å². The van der Waals surface area contributed by atoms with E-state index in [1.807, 2.05) is 12.3 Å². The Hall–Kier alpha value is -1.55. The summed E-state index contributed by atoms with van der Waals surface area (Å²) < 4.78 is 5.49. The summed E-state index contributed by atoms with van der Waals surface area (Å²) in [5, 5.41) is 11.8. The number of aromatic nitrogens is 1. The number of hydrogen-bond donors (Lipinski definition) is 1. The highest BCUT2D eigenvalue weighted by atomic mass is 32.1. The van der Waals surface area contributed by atoms with Crippen LogP contribution in [0.15, 0.2) is 29.6 Å². The van der Waals surface area contributed by atoms with Crippen LogP contribution in [0.25, 0.3) is 0 Å². The number of aryl methyl sites for hydroxylation is 1. The van der Waals surface area contributed by atoms with Gasteiger partial charge in [-0.3, -0.25) is 0 Å². The van der Waals surface area contributed by atoms with Gasteiger partial charge in [0.05, 0.1) is 5.69 Å². The molecule has 0 amide bonds. The van der Waals surface area contributed by atoms with Gasteiger partial charge in [-0.25, -0.2) is 4.98 Å². The van der Waals surface area contributed by atoms with Gasteiger partial charge in [0.1, 0.15) is 11.5 Å². The van der Waals surface area contributed by atoms with Crippen LogP contribution in [0.5, 0.6) is 16.7 Å². The lowest BCUT2D eigenvalue weighted by atomic mass is 10.3. The van der Waals surface area contributed by atoms with Gasteiger partial charge in [0.2, 0.25) is 0 Å². The third kappa shape index (κ3) is 2.47. The van der Waals surface area contributed by atoms with E-state index in [1.165, 1.54) is 11.3 Å². The van der Waals surface area contributed by atoms with E-state index in [2.05, 4.69) is 4.98 Å². The van der Waals surface area contributed by atoms with Crippen LogP contribution in [-0.2, 0) is 6.42 Å². The minimum atomic E-state index is 0.194. The van der Waals surface area contributed by atoms with E-state index >= 15 is 0 Å². The Kier molecular flexibility index (Phi) is 2.87. The molecule has 0 saturated heterocycles. The van der Waals surface area contributed by atoms with Crippen molar-refractivity contribution >= 4 is 11.3 Å². The molecular formula is C11H11NO2S. The van der Waals surface area contributed by atoms with Crippen molar-refractivity contribution in [2.75, 3.05) is 0 Å². The van der Waals surface area contributed by atoms with Crippen LogP contribution >= 0.6 is 11.3 Å². The van der Waals surface area contributed by atoms with Crippen LogP contribution < -0.4 is 4.74 Å². The molecule has 0 aliphatic carbocycles. The molecule has 0 spiro atoms. The molecule has 78 valence electrons. The highest BCUT2D eigenvalue weighted by Crippen LogP contribution is 2.27. The third-order valence-electron chi connectivity index (χ3n) is 1.92. The van der Waals surface area contributed by atoms with E-state index in [-0.39, 0.29) is 5.75 Å². The second-order valence-electron chi connectivity index (χ2n) is 3.06. The van der Waals surface area contributed by atoms with E-state index in [0.717, 1.165) is 12.1 Å². The second-order valence-corrected chi connectivity index (χ2v) is 3.88. The van der Waals surface area contributed by atoms with Crippen molar-refractivity contribution in [2.24, 2.45) is 0 Å². The number of benzene rings is 1. The van der Waals surface area contributed by atoms with Crippen LogP contribution in [0.2, 0.25) is 0 Å². The number of hydrogen-bond acceptors (Lipinski definition) is 4. The number of phenolic OH excluding ortho intramolecular Hbond substituents is 1. The first kappa shape index (κ1) is 9.98.